The molecular formula is C2H3AgN4. The predicted octanol–water partition coefficient (Wildman–Crippen LogP) is -0.403. The summed E-state index contributed by atoms with van der Waals surface area (Å²) in [6.07, 6.45) is 1.30. The van der Waals surface area contributed by atoms with E-state index in [4.69, 9.17) is 5.73 Å². The van der Waals surface area contributed by atoms with Gasteiger partial charge in [-0.05, 0) is 0 Å². The Balaban J connectivity index is 2.77. The Labute approximate surface area is 52.8 Å². The van der Waals surface area contributed by atoms with Crippen LogP contribution in [-0.2, 0) is 21.1 Å². The molecule has 0 aromatic rings. The number of aliphatic imine (C=N–C) groups is 1. The first-order valence-electron chi connectivity index (χ1n) is 1.60. The third-order valence-corrected chi connectivity index (χ3v) is 0.810. The SMILES string of the molecule is N[C]1([Ag])N=CN=N1. The Bertz CT molecular complexity index is 112. The Kier molecular flexibility index (Phi) is 1.08. The molecule has 1 unspecified atom stereocenters. The molecule has 0 aromatic heterocycles. The van der Waals surface area contributed by atoms with Gasteiger partial charge in [0.15, 0.2) is 0 Å². The molecule has 0 radical (unpaired) electrons. The number of nitrogens with zero attached hydrogens (tertiary/aromatic N) is 3. The molecule has 0 aliphatic carbocycles. The second-order valence-electron chi connectivity index (χ2n) is 1.04. The van der Waals surface area contributed by atoms with Crippen LogP contribution in [0, 0.1) is 0 Å². The van der Waals surface area contributed by atoms with Crippen LogP contribution in [0.4, 0.5) is 0 Å². The zero-order valence-electron chi connectivity index (χ0n) is 3.30. The quantitative estimate of drug-likeness (QED) is 0.520. The average molecular weight is 191 g/mol. The van der Waals surface area contributed by atoms with Crippen molar-refractivity contribution in [1.29, 1.82) is 0 Å². The molecule has 2 N–H and O–H groups in total. The fourth-order valence-electron chi connectivity index (χ4n) is 0.231. The summed E-state index contributed by atoms with van der Waals surface area (Å²) < 4.78 is -0.968. The number of hydrogen-bond donors (Lipinski definition) is 1. The molecule has 42 valence electrons. The van der Waals surface area contributed by atoms with Crippen LogP contribution in [0.5, 0.6) is 0 Å². The van der Waals surface area contributed by atoms with Gasteiger partial charge in [0.2, 0.25) is 0 Å². The van der Waals surface area contributed by atoms with Gasteiger partial charge in [0.1, 0.15) is 0 Å². The normalized spacial score (nSPS) is 37.6. The van der Waals surface area contributed by atoms with Gasteiger partial charge >= 0.3 is 52.4 Å². The zero-order chi connectivity index (χ0) is 5.33. The van der Waals surface area contributed by atoms with E-state index >= 15 is 0 Å². The van der Waals surface area contributed by atoms with E-state index < -0.39 is 4.00 Å². The van der Waals surface area contributed by atoms with Crippen molar-refractivity contribution in [3.8, 4) is 0 Å². The van der Waals surface area contributed by atoms with Gasteiger partial charge in [-0.15, -0.1) is 0 Å². The Morgan fingerprint density at radius 1 is 1.71 bits per heavy atom. The maximum atomic E-state index is 5.24. The maximum absolute atomic E-state index is 5.24. The van der Waals surface area contributed by atoms with E-state index in [9.17, 15) is 0 Å². The molecule has 1 rings (SSSR count). The first-order chi connectivity index (χ1) is 3.21. The van der Waals surface area contributed by atoms with Crippen molar-refractivity contribution in [2.75, 3.05) is 0 Å². The third-order valence-electron chi connectivity index (χ3n) is 0.471. The summed E-state index contributed by atoms with van der Waals surface area (Å²) in [6.45, 7) is 0. The second kappa shape index (κ2) is 1.48. The minimum atomic E-state index is -0.968. The molecule has 1 aliphatic rings. The number of azo groups is 1. The molecule has 0 saturated carbocycles. The van der Waals surface area contributed by atoms with Crippen LogP contribution in [0.25, 0.3) is 0 Å². The van der Waals surface area contributed by atoms with Crippen LogP contribution >= 0.6 is 0 Å². The summed E-state index contributed by atoms with van der Waals surface area (Å²) in [5.74, 6) is 0. The molecule has 0 amide bonds. The fourth-order valence-corrected chi connectivity index (χ4v) is 0.402. The standard InChI is InChI=1S/C2H3N4.Ag/c3-2-4-1-5-6-2;/h1H,3H2;. The molecule has 5 heteroatoms. The number of nitrogens with two attached hydrogens (primary N) is 1. The Hall–Kier alpha value is -0.0297. The van der Waals surface area contributed by atoms with Crippen molar-refractivity contribution < 1.29 is 21.1 Å². The van der Waals surface area contributed by atoms with Gasteiger partial charge in [0, 0.05) is 0 Å². The van der Waals surface area contributed by atoms with E-state index in [0.717, 1.165) is 0 Å². The summed E-state index contributed by atoms with van der Waals surface area (Å²) >= 11 is 2.98. The molecule has 0 saturated heterocycles. The first kappa shape index (κ1) is 5.11. The average Bonchev–Trinajstić information content (AvgIpc) is 1.84. The Morgan fingerprint density at radius 3 is 2.57 bits per heavy atom. The summed E-state index contributed by atoms with van der Waals surface area (Å²) in [7, 11) is 0. The van der Waals surface area contributed by atoms with Crippen molar-refractivity contribution in [1.82, 2.24) is 0 Å². The van der Waals surface area contributed by atoms with Gasteiger partial charge in [-0.1, -0.05) is 0 Å². The monoisotopic (exact) mass is 190 g/mol. The van der Waals surface area contributed by atoms with Crippen molar-refractivity contribution >= 4 is 6.34 Å². The van der Waals surface area contributed by atoms with Gasteiger partial charge < -0.3 is 0 Å². The van der Waals surface area contributed by atoms with Gasteiger partial charge in [-0.25, -0.2) is 0 Å². The van der Waals surface area contributed by atoms with Gasteiger partial charge in [0.25, 0.3) is 0 Å². The molecule has 0 fully saturated rings. The summed E-state index contributed by atoms with van der Waals surface area (Å²) in [6, 6.07) is 0. The molecule has 0 spiro atoms. The summed E-state index contributed by atoms with van der Waals surface area (Å²) in [5, 5.41) is 6.86. The van der Waals surface area contributed by atoms with E-state index in [1.165, 1.54) is 6.34 Å². The molecular weight excluding hydrogens is 188 g/mol. The van der Waals surface area contributed by atoms with Crippen molar-refractivity contribution in [3.63, 3.8) is 0 Å². The van der Waals surface area contributed by atoms with Crippen molar-refractivity contribution in [2.45, 2.75) is 4.00 Å². The van der Waals surface area contributed by atoms with E-state index in [1.54, 1.807) is 0 Å². The van der Waals surface area contributed by atoms with Gasteiger partial charge in [0.05, 0.1) is 0 Å². The van der Waals surface area contributed by atoms with Gasteiger partial charge in [-0.2, -0.15) is 0 Å². The third kappa shape index (κ3) is 1.17. The van der Waals surface area contributed by atoms with Crippen LogP contribution in [0.3, 0.4) is 0 Å². The van der Waals surface area contributed by atoms with Crippen molar-refractivity contribution in [2.24, 2.45) is 21.0 Å². The van der Waals surface area contributed by atoms with Crippen LogP contribution in [0.15, 0.2) is 15.2 Å². The van der Waals surface area contributed by atoms with E-state index in [2.05, 4.69) is 36.3 Å². The Morgan fingerprint density at radius 2 is 2.43 bits per heavy atom. The van der Waals surface area contributed by atoms with Crippen LogP contribution in [-0.4, -0.2) is 10.3 Å². The molecule has 7 heavy (non-hydrogen) atoms. The summed E-state index contributed by atoms with van der Waals surface area (Å²) in [4.78, 5) is 3.60. The molecule has 1 aliphatic heterocycles. The zero-order valence-corrected chi connectivity index (χ0v) is 4.78. The fraction of sp³-hybridized carbons (Fsp3) is 0.500. The predicted molar refractivity (Wildman–Crippen MR) is 20.3 cm³/mol. The molecule has 4 nitrogen and oxygen atoms in total. The number of rotatable bonds is 0. The van der Waals surface area contributed by atoms with E-state index in [0.29, 0.717) is 0 Å². The topological polar surface area (TPSA) is 63.1 Å². The number of hydrogen-bond acceptors (Lipinski definition) is 4. The van der Waals surface area contributed by atoms with Gasteiger partial charge in [-0.3, -0.25) is 0 Å². The minimum absolute atomic E-state index is 0.968. The van der Waals surface area contributed by atoms with E-state index in [-0.39, 0.29) is 0 Å². The second-order valence-corrected chi connectivity index (χ2v) is 2.13. The van der Waals surface area contributed by atoms with Crippen LogP contribution in [0.2, 0.25) is 0 Å². The van der Waals surface area contributed by atoms with Crippen LogP contribution in [0.1, 0.15) is 0 Å². The van der Waals surface area contributed by atoms with E-state index in [1.807, 2.05) is 0 Å². The van der Waals surface area contributed by atoms with Crippen molar-refractivity contribution in [3.05, 3.63) is 0 Å². The molecule has 0 bridgehead atoms. The molecule has 1 heterocycles. The van der Waals surface area contributed by atoms with Crippen LogP contribution < -0.4 is 5.73 Å². The molecule has 1 atom stereocenters. The molecule has 0 aromatic carbocycles. The summed E-state index contributed by atoms with van der Waals surface area (Å²) in [5.41, 5.74) is 5.24. The first-order valence-corrected chi connectivity index (χ1v) is 2.34.